The zero-order valence-electron chi connectivity index (χ0n) is 10.0. The van der Waals surface area contributed by atoms with Gasteiger partial charge >= 0.3 is 5.97 Å². The van der Waals surface area contributed by atoms with E-state index in [1.54, 1.807) is 0 Å². The molecule has 0 atom stereocenters. The number of carbonyl (C=O) groups excluding carboxylic acids is 1. The number of benzene rings is 1. The van der Waals surface area contributed by atoms with Crippen LogP contribution < -0.4 is 5.73 Å². The van der Waals surface area contributed by atoms with Crippen LogP contribution in [0, 0.1) is 5.82 Å². The Morgan fingerprint density at radius 3 is 2.45 bits per heavy atom. The number of hydrogen-bond acceptors (Lipinski definition) is 4. The van der Waals surface area contributed by atoms with Gasteiger partial charge in [-0.05, 0) is 30.3 Å². The Morgan fingerprint density at radius 2 is 1.90 bits per heavy atom. The molecule has 0 bridgehead atoms. The van der Waals surface area contributed by atoms with Crippen molar-refractivity contribution in [1.29, 1.82) is 0 Å². The number of carboxylic acid groups (broad SMARTS) is 1. The highest BCUT2D eigenvalue weighted by atomic mass is 32.2. The van der Waals surface area contributed by atoms with Crippen molar-refractivity contribution >= 4 is 23.6 Å². The van der Waals surface area contributed by atoms with E-state index in [0.29, 0.717) is 5.03 Å². The van der Waals surface area contributed by atoms with Gasteiger partial charge in [-0.15, -0.1) is 0 Å². The molecule has 7 heteroatoms. The molecule has 1 heterocycles. The van der Waals surface area contributed by atoms with Crippen molar-refractivity contribution in [2.24, 2.45) is 5.73 Å². The molecule has 0 spiro atoms. The van der Waals surface area contributed by atoms with Crippen LogP contribution in [0.4, 0.5) is 4.39 Å². The Bertz CT molecular complexity index is 674. The number of primary amides is 1. The number of rotatable bonds is 4. The van der Waals surface area contributed by atoms with Crippen molar-refractivity contribution < 1.29 is 19.1 Å². The highest BCUT2D eigenvalue weighted by Crippen LogP contribution is 2.29. The number of hydrogen-bond donors (Lipinski definition) is 2. The van der Waals surface area contributed by atoms with E-state index in [2.05, 4.69) is 4.98 Å². The molecule has 0 aliphatic carbocycles. The summed E-state index contributed by atoms with van der Waals surface area (Å²) >= 11 is 0.965. The van der Waals surface area contributed by atoms with Gasteiger partial charge in [0.1, 0.15) is 10.8 Å². The predicted molar refractivity (Wildman–Crippen MR) is 70.2 cm³/mol. The van der Waals surface area contributed by atoms with Crippen LogP contribution in [0.2, 0.25) is 0 Å². The van der Waals surface area contributed by atoms with E-state index in [9.17, 15) is 14.0 Å². The largest absolute Gasteiger partial charge is 0.478 e. The molecule has 2 aromatic rings. The van der Waals surface area contributed by atoms with Gasteiger partial charge in [0.2, 0.25) is 5.91 Å². The third-order valence-electron chi connectivity index (χ3n) is 2.41. The Morgan fingerprint density at radius 1 is 1.20 bits per heavy atom. The molecule has 0 unspecified atom stereocenters. The summed E-state index contributed by atoms with van der Waals surface area (Å²) in [6.45, 7) is 0. The standard InChI is InChI=1S/C13H9FN2O3S/c14-9-3-1-7(13(18)19)5-10(9)20-11-4-2-8(6-16-11)12(15)17/h1-6H,(H2,15,17)(H,18,19). The van der Waals surface area contributed by atoms with Crippen molar-refractivity contribution in [3.8, 4) is 0 Å². The third-order valence-corrected chi connectivity index (χ3v) is 3.40. The van der Waals surface area contributed by atoms with Crippen LogP contribution in [0.15, 0.2) is 46.5 Å². The topological polar surface area (TPSA) is 93.3 Å². The number of amides is 1. The highest BCUT2D eigenvalue weighted by Gasteiger charge is 2.10. The molecule has 0 saturated carbocycles. The average molecular weight is 292 g/mol. The number of pyridine rings is 1. The van der Waals surface area contributed by atoms with E-state index in [0.717, 1.165) is 17.8 Å². The lowest BCUT2D eigenvalue weighted by atomic mass is 10.2. The van der Waals surface area contributed by atoms with Gasteiger partial charge in [-0.1, -0.05) is 11.8 Å². The lowest BCUT2D eigenvalue weighted by molar-refractivity contribution is 0.0696. The molecular weight excluding hydrogens is 283 g/mol. The van der Waals surface area contributed by atoms with Gasteiger partial charge in [0.15, 0.2) is 0 Å². The minimum atomic E-state index is -1.14. The first-order valence-electron chi connectivity index (χ1n) is 5.44. The molecule has 102 valence electrons. The fourth-order valence-corrected chi connectivity index (χ4v) is 2.23. The van der Waals surface area contributed by atoms with Gasteiger partial charge in [-0.2, -0.15) is 0 Å². The van der Waals surface area contributed by atoms with Crippen molar-refractivity contribution in [1.82, 2.24) is 4.98 Å². The molecule has 0 radical (unpaired) electrons. The second-order valence-corrected chi connectivity index (χ2v) is 4.86. The molecule has 0 saturated heterocycles. The van der Waals surface area contributed by atoms with E-state index < -0.39 is 17.7 Å². The monoisotopic (exact) mass is 292 g/mol. The van der Waals surface area contributed by atoms with E-state index in [4.69, 9.17) is 10.8 Å². The van der Waals surface area contributed by atoms with Gasteiger partial charge in [0.25, 0.3) is 0 Å². The van der Waals surface area contributed by atoms with Gasteiger partial charge in [-0.3, -0.25) is 4.79 Å². The summed E-state index contributed by atoms with van der Waals surface area (Å²) in [6.07, 6.45) is 1.28. The second-order valence-electron chi connectivity index (χ2n) is 3.80. The lowest BCUT2D eigenvalue weighted by Gasteiger charge is -2.04. The summed E-state index contributed by atoms with van der Waals surface area (Å²) in [5.74, 6) is -2.28. The molecule has 3 N–H and O–H groups in total. The predicted octanol–water partition coefficient (Wildman–Crippen LogP) is 2.17. The second kappa shape index (κ2) is 5.70. The number of carboxylic acids is 1. The van der Waals surface area contributed by atoms with Crippen LogP contribution in [0.5, 0.6) is 0 Å². The molecule has 5 nitrogen and oxygen atoms in total. The van der Waals surface area contributed by atoms with Crippen LogP contribution in [-0.2, 0) is 0 Å². The maximum atomic E-state index is 13.6. The number of aromatic carboxylic acids is 1. The van der Waals surface area contributed by atoms with Crippen LogP contribution in [-0.4, -0.2) is 22.0 Å². The fourth-order valence-electron chi connectivity index (χ4n) is 1.41. The third kappa shape index (κ3) is 3.12. The van der Waals surface area contributed by atoms with Crippen LogP contribution in [0.1, 0.15) is 20.7 Å². The summed E-state index contributed by atoms with van der Waals surface area (Å²) in [5.41, 5.74) is 5.32. The summed E-state index contributed by atoms with van der Waals surface area (Å²) in [7, 11) is 0. The molecule has 0 aliphatic rings. The van der Waals surface area contributed by atoms with E-state index in [1.807, 2.05) is 0 Å². The SMILES string of the molecule is NC(=O)c1ccc(Sc2cc(C(=O)O)ccc2F)nc1. The molecule has 0 fully saturated rings. The Balaban J connectivity index is 2.27. The molecule has 1 aromatic carbocycles. The quantitative estimate of drug-likeness (QED) is 0.900. The number of nitrogens with zero attached hydrogens (tertiary/aromatic N) is 1. The van der Waals surface area contributed by atoms with Crippen molar-refractivity contribution in [2.75, 3.05) is 0 Å². The number of halogens is 1. The molecule has 1 aromatic heterocycles. The minimum Gasteiger partial charge on any atom is -0.478 e. The van der Waals surface area contributed by atoms with Crippen molar-refractivity contribution in [3.05, 3.63) is 53.5 Å². The zero-order valence-corrected chi connectivity index (χ0v) is 10.9. The van der Waals surface area contributed by atoms with Gasteiger partial charge in [-0.25, -0.2) is 14.2 Å². The van der Waals surface area contributed by atoms with E-state index >= 15 is 0 Å². The maximum Gasteiger partial charge on any atom is 0.335 e. The number of aromatic nitrogens is 1. The average Bonchev–Trinajstić information content (AvgIpc) is 2.41. The normalized spacial score (nSPS) is 10.2. The molecule has 20 heavy (non-hydrogen) atoms. The lowest BCUT2D eigenvalue weighted by Crippen LogP contribution is -2.10. The maximum absolute atomic E-state index is 13.6. The smallest absolute Gasteiger partial charge is 0.335 e. The first-order valence-corrected chi connectivity index (χ1v) is 6.25. The minimum absolute atomic E-state index is 0.0114. The number of carbonyl (C=O) groups is 2. The highest BCUT2D eigenvalue weighted by molar-refractivity contribution is 7.99. The van der Waals surface area contributed by atoms with Gasteiger partial charge in [0, 0.05) is 6.20 Å². The number of nitrogens with two attached hydrogens (primary N) is 1. The summed E-state index contributed by atoms with van der Waals surface area (Å²) < 4.78 is 13.6. The summed E-state index contributed by atoms with van der Waals surface area (Å²) in [5, 5.41) is 9.29. The van der Waals surface area contributed by atoms with Crippen LogP contribution in [0.25, 0.3) is 0 Å². The summed E-state index contributed by atoms with van der Waals surface area (Å²) in [6, 6.07) is 6.48. The van der Waals surface area contributed by atoms with Crippen molar-refractivity contribution in [2.45, 2.75) is 9.92 Å². The Hall–Kier alpha value is -2.41. The van der Waals surface area contributed by atoms with Crippen LogP contribution in [0.3, 0.4) is 0 Å². The molecular formula is C13H9FN2O3S. The summed E-state index contributed by atoms with van der Waals surface area (Å²) in [4.78, 5) is 25.8. The zero-order chi connectivity index (χ0) is 14.7. The molecule has 1 amide bonds. The Labute approximate surface area is 117 Å². The Kier molecular flexibility index (Phi) is 3.99. The first-order chi connectivity index (χ1) is 9.47. The first kappa shape index (κ1) is 14.0. The van der Waals surface area contributed by atoms with E-state index in [1.165, 1.54) is 30.5 Å². The van der Waals surface area contributed by atoms with Crippen LogP contribution >= 0.6 is 11.8 Å². The van der Waals surface area contributed by atoms with Crippen molar-refractivity contribution in [3.63, 3.8) is 0 Å². The molecule has 2 rings (SSSR count). The van der Waals surface area contributed by atoms with Gasteiger partial charge < -0.3 is 10.8 Å². The van der Waals surface area contributed by atoms with E-state index in [-0.39, 0.29) is 16.0 Å². The fraction of sp³-hybridized carbons (Fsp3) is 0. The molecule has 0 aliphatic heterocycles. The van der Waals surface area contributed by atoms with Gasteiger partial charge in [0.05, 0.1) is 16.0 Å².